The largest absolute Gasteiger partial charge is 0.399 e. The highest BCUT2D eigenvalue weighted by Crippen LogP contribution is 2.14. The summed E-state index contributed by atoms with van der Waals surface area (Å²) in [7, 11) is 0. The van der Waals surface area contributed by atoms with Crippen LogP contribution in [0.4, 0.5) is 17.1 Å². The van der Waals surface area contributed by atoms with Crippen LogP contribution in [-0.2, 0) is 0 Å². The van der Waals surface area contributed by atoms with Gasteiger partial charge >= 0.3 is 0 Å². The molecule has 0 aliphatic rings. The van der Waals surface area contributed by atoms with Gasteiger partial charge in [-0.3, -0.25) is 9.59 Å². The van der Waals surface area contributed by atoms with Crippen molar-refractivity contribution in [1.82, 2.24) is 0 Å². The second kappa shape index (κ2) is 7.31. The van der Waals surface area contributed by atoms with Gasteiger partial charge in [0.25, 0.3) is 11.8 Å². The number of nitrogen functional groups attached to an aromatic ring is 1. The van der Waals surface area contributed by atoms with Crippen molar-refractivity contribution < 1.29 is 9.59 Å². The van der Waals surface area contributed by atoms with Gasteiger partial charge in [0, 0.05) is 28.2 Å². The van der Waals surface area contributed by atoms with Gasteiger partial charge in [0.1, 0.15) is 0 Å². The van der Waals surface area contributed by atoms with E-state index in [0.29, 0.717) is 22.5 Å². The van der Waals surface area contributed by atoms with Crippen LogP contribution in [0.5, 0.6) is 0 Å². The summed E-state index contributed by atoms with van der Waals surface area (Å²) < 4.78 is 0. The lowest BCUT2D eigenvalue weighted by atomic mass is 10.1. The van der Waals surface area contributed by atoms with Crippen LogP contribution < -0.4 is 16.4 Å². The lowest BCUT2D eigenvalue weighted by molar-refractivity contribution is 0.102. The molecule has 0 heterocycles. The molecule has 5 heteroatoms. The number of rotatable bonds is 4. The molecule has 124 valence electrons. The van der Waals surface area contributed by atoms with Crippen LogP contribution in [0, 0.1) is 0 Å². The molecule has 3 aromatic carbocycles. The van der Waals surface area contributed by atoms with Crippen LogP contribution in [-0.4, -0.2) is 11.8 Å². The van der Waals surface area contributed by atoms with E-state index in [4.69, 9.17) is 5.73 Å². The van der Waals surface area contributed by atoms with Gasteiger partial charge in [-0.2, -0.15) is 0 Å². The van der Waals surface area contributed by atoms with Crippen LogP contribution >= 0.6 is 0 Å². The minimum atomic E-state index is -0.235. The van der Waals surface area contributed by atoms with Gasteiger partial charge in [-0.15, -0.1) is 0 Å². The molecular weight excluding hydrogens is 314 g/mol. The van der Waals surface area contributed by atoms with E-state index in [2.05, 4.69) is 10.6 Å². The second-order valence-electron chi connectivity index (χ2n) is 5.47. The molecule has 0 atom stereocenters. The van der Waals surface area contributed by atoms with E-state index in [1.54, 1.807) is 48.5 Å². The van der Waals surface area contributed by atoms with Crippen molar-refractivity contribution in [1.29, 1.82) is 0 Å². The molecule has 0 aromatic heterocycles. The highest BCUT2D eigenvalue weighted by atomic mass is 16.2. The fraction of sp³-hybridized carbons (Fsp3) is 0. The molecule has 0 aliphatic heterocycles. The maximum atomic E-state index is 12.2. The van der Waals surface area contributed by atoms with Crippen molar-refractivity contribution in [2.45, 2.75) is 0 Å². The number of hydrogen-bond donors (Lipinski definition) is 3. The molecule has 0 aliphatic carbocycles. The Morgan fingerprint density at radius 2 is 1.04 bits per heavy atom. The molecule has 0 saturated heterocycles. The van der Waals surface area contributed by atoms with Crippen LogP contribution in [0.15, 0.2) is 78.9 Å². The van der Waals surface area contributed by atoms with Crippen LogP contribution in [0.25, 0.3) is 0 Å². The molecule has 3 aromatic rings. The lowest BCUT2D eigenvalue weighted by Crippen LogP contribution is -2.13. The van der Waals surface area contributed by atoms with Gasteiger partial charge in [-0.05, 0) is 60.7 Å². The number of anilines is 3. The van der Waals surface area contributed by atoms with Crippen molar-refractivity contribution in [3.63, 3.8) is 0 Å². The number of nitrogens with one attached hydrogen (secondary N) is 2. The third-order valence-corrected chi connectivity index (χ3v) is 3.61. The summed E-state index contributed by atoms with van der Waals surface area (Å²) >= 11 is 0. The smallest absolute Gasteiger partial charge is 0.255 e. The number of hydrogen-bond acceptors (Lipinski definition) is 3. The summed E-state index contributed by atoms with van der Waals surface area (Å²) in [5.41, 5.74) is 8.57. The highest BCUT2D eigenvalue weighted by Gasteiger charge is 2.08. The summed E-state index contributed by atoms with van der Waals surface area (Å²) in [6.07, 6.45) is 0. The van der Waals surface area contributed by atoms with Crippen molar-refractivity contribution >= 4 is 28.9 Å². The van der Waals surface area contributed by atoms with Gasteiger partial charge in [0.15, 0.2) is 0 Å². The molecule has 3 rings (SSSR count). The van der Waals surface area contributed by atoms with E-state index in [9.17, 15) is 9.59 Å². The van der Waals surface area contributed by atoms with Gasteiger partial charge in [-0.25, -0.2) is 0 Å². The highest BCUT2D eigenvalue weighted by molar-refractivity contribution is 6.06. The summed E-state index contributed by atoms with van der Waals surface area (Å²) in [5, 5.41) is 5.59. The Hall–Kier alpha value is -3.60. The second-order valence-corrected chi connectivity index (χ2v) is 5.47. The van der Waals surface area contributed by atoms with Crippen molar-refractivity contribution in [2.24, 2.45) is 0 Å². The van der Waals surface area contributed by atoms with E-state index >= 15 is 0 Å². The van der Waals surface area contributed by atoms with E-state index in [1.807, 2.05) is 30.3 Å². The van der Waals surface area contributed by atoms with E-state index in [0.717, 1.165) is 5.69 Å². The standard InChI is InChI=1S/C20H17N3O2/c21-16-10-6-14(7-11-16)19(24)23-18-12-8-15(9-13-18)20(25)22-17-4-2-1-3-5-17/h1-13H,21H2,(H,22,25)(H,23,24). The first-order valence-corrected chi connectivity index (χ1v) is 7.75. The Balaban J connectivity index is 1.64. The first-order chi connectivity index (χ1) is 12.1. The third kappa shape index (κ3) is 4.23. The molecule has 0 unspecified atom stereocenters. The third-order valence-electron chi connectivity index (χ3n) is 3.61. The van der Waals surface area contributed by atoms with E-state index in [1.165, 1.54) is 0 Å². The molecule has 5 nitrogen and oxygen atoms in total. The zero-order valence-corrected chi connectivity index (χ0v) is 13.4. The number of carbonyl (C=O) groups excluding carboxylic acids is 2. The number of nitrogens with two attached hydrogens (primary N) is 1. The molecule has 0 radical (unpaired) electrons. The first-order valence-electron chi connectivity index (χ1n) is 7.75. The molecule has 4 N–H and O–H groups in total. The van der Waals surface area contributed by atoms with Gasteiger partial charge in [0.05, 0.1) is 0 Å². The van der Waals surface area contributed by atoms with E-state index < -0.39 is 0 Å². The van der Waals surface area contributed by atoms with Crippen molar-refractivity contribution in [2.75, 3.05) is 16.4 Å². The summed E-state index contributed by atoms with van der Waals surface area (Å²) in [5.74, 6) is -0.441. The summed E-state index contributed by atoms with van der Waals surface area (Å²) in [6, 6.07) is 22.6. The Morgan fingerprint density at radius 3 is 1.56 bits per heavy atom. The van der Waals surface area contributed by atoms with Crippen LogP contribution in [0.3, 0.4) is 0 Å². The minimum absolute atomic E-state index is 0.206. The average Bonchev–Trinajstić information content (AvgIpc) is 2.63. The number of amides is 2. The molecular formula is C20H17N3O2. The number of para-hydroxylation sites is 1. The Morgan fingerprint density at radius 1 is 0.600 bits per heavy atom. The van der Waals surface area contributed by atoms with Crippen LogP contribution in [0.2, 0.25) is 0 Å². The first kappa shape index (κ1) is 16.3. The monoisotopic (exact) mass is 331 g/mol. The number of benzene rings is 3. The van der Waals surface area contributed by atoms with Crippen molar-refractivity contribution in [3.05, 3.63) is 90.0 Å². The maximum Gasteiger partial charge on any atom is 0.255 e. The van der Waals surface area contributed by atoms with E-state index in [-0.39, 0.29) is 11.8 Å². The molecule has 25 heavy (non-hydrogen) atoms. The molecule has 0 bridgehead atoms. The van der Waals surface area contributed by atoms with Gasteiger partial charge in [-0.1, -0.05) is 18.2 Å². The zero-order chi connectivity index (χ0) is 17.6. The van der Waals surface area contributed by atoms with Gasteiger partial charge in [0.2, 0.25) is 0 Å². The Labute approximate surface area is 145 Å². The quantitative estimate of drug-likeness (QED) is 0.636. The fourth-order valence-corrected chi connectivity index (χ4v) is 2.27. The van der Waals surface area contributed by atoms with Crippen LogP contribution in [0.1, 0.15) is 20.7 Å². The Bertz CT molecular complexity index is 873. The Kier molecular flexibility index (Phi) is 4.76. The summed E-state index contributed by atoms with van der Waals surface area (Å²) in [6.45, 7) is 0. The minimum Gasteiger partial charge on any atom is -0.399 e. The molecule has 0 fully saturated rings. The lowest BCUT2D eigenvalue weighted by Gasteiger charge is -2.08. The molecule has 0 saturated carbocycles. The topological polar surface area (TPSA) is 84.2 Å². The fourth-order valence-electron chi connectivity index (χ4n) is 2.27. The molecule has 0 spiro atoms. The normalized spacial score (nSPS) is 10.1. The maximum absolute atomic E-state index is 12.2. The SMILES string of the molecule is Nc1ccc(C(=O)Nc2ccc(C(=O)Nc3ccccc3)cc2)cc1. The zero-order valence-electron chi connectivity index (χ0n) is 13.4. The van der Waals surface area contributed by atoms with Crippen molar-refractivity contribution in [3.8, 4) is 0 Å². The average molecular weight is 331 g/mol. The predicted octanol–water partition coefficient (Wildman–Crippen LogP) is 3.77. The molecule has 2 amide bonds. The predicted molar refractivity (Wildman–Crippen MR) is 99.6 cm³/mol. The van der Waals surface area contributed by atoms with Gasteiger partial charge < -0.3 is 16.4 Å². The summed E-state index contributed by atoms with van der Waals surface area (Å²) in [4.78, 5) is 24.3. The number of carbonyl (C=O) groups is 2.